The summed E-state index contributed by atoms with van der Waals surface area (Å²) in [5.41, 5.74) is 0. The SMILES string of the molecule is CN(C)C(CNC(=O)C1CCN(S(=O)(=O)c2ccc(F)c(Cl)c2)CC1)c1ccco1. The Hall–Kier alpha value is -1.94. The second kappa shape index (κ2) is 9.47. The number of halogens is 2. The molecule has 2 heterocycles. The highest BCUT2D eigenvalue weighted by Gasteiger charge is 2.32. The molecule has 0 aliphatic carbocycles. The van der Waals surface area contributed by atoms with E-state index in [0.29, 0.717) is 19.4 Å². The number of carbonyl (C=O) groups excluding carboxylic acids is 1. The third kappa shape index (κ3) is 5.03. The quantitative estimate of drug-likeness (QED) is 0.691. The zero-order valence-corrected chi connectivity index (χ0v) is 18.4. The predicted octanol–water partition coefficient (Wildman–Crippen LogP) is 2.89. The van der Waals surface area contributed by atoms with Crippen molar-refractivity contribution < 1.29 is 22.0 Å². The van der Waals surface area contributed by atoms with Crippen LogP contribution in [0.25, 0.3) is 0 Å². The minimum atomic E-state index is -3.79. The van der Waals surface area contributed by atoms with Gasteiger partial charge in [-0.15, -0.1) is 0 Å². The molecule has 1 aliphatic rings. The Morgan fingerprint density at radius 3 is 2.60 bits per heavy atom. The summed E-state index contributed by atoms with van der Waals surface area (Å²) >= 11 is 5.72. The number of nitrogens with one attached hydrogen (secondary N) is 1. The summed E-state index contributed by atoms with van der Waals surface area (Å²) in [4.78, 5) is 14.5. The lowest BCUT2D eigenvalue weighted by Gasteiger charge is -2.31. The normalized spacial score (nSPS) is 17.2. The number of nitrogens with zero attached hydrogens (tertiary/aromatic N) is 2. The molecule has 1 aromatic carbocycles. The van der Waals surface area contributed by atoms with E-state index in [1.807, 2.05) is 25.1 Å². The van der Waals surface area contributed by atoms with Crippen LogP contribution >= 0.6 is 11.6 Å². The molecule has 1 aromatic heterocycles. The second-order valence-corrected chi connectivity index (χ2v) is 9.84. The molecular formula is C20H25ClFN3O4S. The van der Waals surface area contributed by atoms with Gasteiger partial charge in [0.1, 0.15) is 11.6 Å². The van der Waals surface area contributed by atoms with Gasteiger partial charge in [0.25, 0.3) is 0 Å². The summed E-state index contributed by atoms with van der Waals surface area (Å²) in [7, 11) is 0.0287. The minimum Gasteiger partial charge on any atom is -0.468 e. The molecule has 7 nitrogen and oxygen atoms in total. The van der Waals surface area contributed by atoms with Crippen molar-refractivity contribution in [3.8, 4) is 0 Å². The maximum Gasteiger partial charge on any atom is 0.243 e. The Balaban J connectivity index is 1.57. The predicted molar refractivity (Wildman–Crippen MR) is 111 cm³/mol. The van der Waals surface area contributed by atoms with Gasteiger partial charge >= 0.3 is 0 Å². The monoisotopic (exact) mass is 457 g/mol. The average Bonchev–Trinajstić information content (AvgIpc) is 3.24. The molecule has 0 spiro atoms. The smallest absolute Gasteiger partial charge is 0.243 e. The standard InChI is InChI=1S/C20H25ClFN3O4S/c1-24(2)18(19-4-3-11-29-19)13-23-20(26)14-7-9-25(10-8-14)30(27,28)15-5-6-17(22)16(21)12-15/h3-6,11-12,14,18H,7-10,13H2,1-2H3,(H,23,26). The van der Waals surface area contributed by atoms with E-state index in [1.54, 1.807) is 12.3 Å². The Morgan fingerprint density at radius 1 is 1.33 bits per heavy atom. The molecule has 0 saturated carbocycles. The fourth-order valence-corrected chi connectivity index (χ4v) is 5.25. The van der Waals surface area contributed by atoms with Gasteiger partial charge in [0, 0.05) is 25.6 Å². The van der Waals surface area contributed by atoms with Crippen molar-refractivity contribution in [2.75, 3.05) is 33.7 Å². The third-order valence-electron chi connectivity index (χ3n) is 5.32. The lowest BCUT2D eigenvalue weighted by Crippen LogP contribution is -2.44. The first-order valence-electron chi connectivity index (χ1n) is 9.63. The van der Waals surface area contributed by atoms with Crippen molar-refractivity contribution in [2.45, 2.75) is 23.8 Å². The summed E-state index contributed by atoms with van der Waals surface area (Å²) in [6.45, 7) is 0.821. The minimum absolute atomic E-state index is 0.0518. The van der Waals surface area contributed by atoms with Gasteiger partial charge in [-0.25, -0.2) is 12.8 Å². The Morgan fingerprint density at radius 2 is 2.03 bits per heavy atom. The number of likely N-dealkylation sites (N-methyl/N-ethyl adjacent to an activating group) is 1. The van der Waals surface area contributed by atoms with E-state index >= 15 is 0 Å². The van der Waals surface area contributed by atoms with Crippen molar-refractivity contribution in [1.82, 2.24) is 14.5 Å². The molecule has 1 aliphatic heterocycles. The van der Waals surface area contributed by atoms with Crippen LogP contribution in [0.3, 0.4) is 0 Å². The first-order valence-corrected chi connectivity index (χ1v) is 11.4. The molecule has 10 heteroatoms. The van der Waals surface area contributed by atoms with Gasteiger partial charge in [0.2, 0.25) is 15.9 Å². The Kier molecular flexibility index (Phi) is 7.18. The van der Waals surface area contributed by atoms with Gasteiger partial charge in [0.15, 0.2) is 0 Å². The third-order valence-corrected chi connectivity index (χ3v) is 7.50. The van der Waals surface area contributed by atoms with Crippen LogP contribution in [0, 0.1) is 11.7 Å². The number of amides is 1. The molecule has 2 aromatic rings. The highest BCUT2D eigenvalue weighted by Crippen LogP contribution is 2.27. The summed E-state index contributed by atoms with van der Waals surface area (Å²) in [5, 5.41) is 2.71. The van der Waals surface area contributed by atoms with Crippen LogP contribution in [0.1, 0.15) is 24.6 Å². The number of piperidine rings is 1. The van der Waals surface area contributed by atoms with Crippen molar-refractivity contribution in [3.05, 3.63) is 53.2 Å². The van der Waals surface area contributed by atoms with Crippen molar-refractivity contribution in [1.29, 1.82) is 0 Å². The second-order valence-electron chi connectivity index (χ2n) is 7.49. The number of hydrogen-bond acceptors (Lipinski definition) is 5. The van der Waals surface area contributed by atoms with Gasteiger partial charge in [0.05, 0.1) is 22.2 Å². The summed E-state index contributed by atoms with van der Waals surface area (Å²) < 4.78 is 45.7. The average molecular weight is 458 g/mol. The van der Waals surface area contributed by atoms with Gasteiger partial charge < -0.3 is 9.73 Å². The van der Waals surface area contributed by atoms with Crippen LogP contribution < -0.4 is 5.32 Å². The first-order chi connectivity index (χ1) is 14.2. The van der Waals surface area contributed by atoms with E-state index < -0.39 is 15.8 Å². The Bertz CT molecular complexity index is 974. The van der Waals surface area contributed by atoms with E-state index in [-0.39, 0.29) is 40.9 Å². The number of benzene rings is 1. The molecule has 3 rings (SSSR count). The summed E-state index contributed by atoms with van der Waals surface area (Å²) in [6, 6.07) is 6.93. The summed E-state index contributed by atoms with van der Waals surface area (Å²) in [5.74, 6) is -0.279. The molecule has 164 valence electrons. The van der Waals surface area contributed by atoms with Crippen LogP contribution in [0.15, 0.2) is 45.9 Å². The molecular weight excluding hydrogens is 433 g/mol. The van der Waals surface area contributed by atoms with E-state index in [4.69, 9.17) is 16.0 Å². The van der Waals surface area contributed by atoms with Gasteiger partial charge in [-0.05, 0) is 57.3 Å². The fraction of sp³-hybridized carbons (Fsp3) is 0.450. The van der Waals surface area contributed by atoms with Crippen molar-refractivity contribution in [2.24, 2.45) is 5.92 Å². The number of hydrogen-bond donors (Lipinski definition) is 1. The van der Waals surface area contributed by atoms with Crippen LogP contribution in [-0.4, -0.2) is 57.3 Å². The molecule has 30 heavy (non-hydrogen) atoms. The van der Waals surface area contributed by atoms with E-state index in [9.17, 15) is 17.6 Å². The van der Waals surface area contributed by atoms with E-state index in [1.165, 1.54) is 10.4 Å². The Labute approximate surface area is 180 Å². The van der Waals surface area contributed by atoms with Crippen LogP contribution in [0.5, 0.6) is 0 Å². The fourth-order valence-electron chi connectivity index (χ4n) is 3.50. The largest absolute Gasteiger partial charge is 0.468 e. The van der Waals surface area contributed by atoms with Gasteiger partial charge in [-0.2, -0.15) is 4.31 Å². The molecule has 1 amide bonds. The van der Waals surface area contributed by atoms with Crippen LogP contribution in [0.2, 0.25) is 5.02 Å². The number of rotatable bonds is 7. The molecule has 1 saturated heterocycles. The molecule has 0 bridgehead atoms. The molecule has 1 fully saturated rings. The van der Waals surface area contributed by atoms with Crippen molar-refractivity contribution in [3.63, 3.8) is 0 Å². The zero-order valence-electron chi connectivity index (χ0n) is 16.8. The van der Waals surface area contributed by atoms with Crippen LogP contribution in [0.4, 0.5) is 4.39 Å². The van der Waals surface area contributed by atoms with E-state index in [0.717, 1.165) is 17.9 Å². The van der Waals surface area contributed by atoms with Gasteiger partial charge in [-0.3, -0.25) is 9.69 Å². The maximum absolute atomic E-state index is 13.3. The lowest BCUT2D eigenvalue weighted by atomic mass is 9.97. The maximum atomic E-state index is 13.3. The molecule has 0 radical (unpaired) electrons. The van der Waals surface area contributed by atoms with Crippen molar-refractivity contribution >= 4 is 27.5 Å². The molecule has 1 N–H and O–H groups in total. The number of sulfonamides is 1. The molecule has 1 atom stereocenters. The number of furan rings is 1. The van der Waals surface area contributed by atoms with E-state index in [2.05, 4.69) is 5.32 Å². The zero-order chi connectivity index (χ0) is 21.9. The van der Waals surface area contributed by atoms with Gasteiger partial charge in [-0.1, -0.05) is 11.6 Å². The highest BCUT2D eigenvalue weighted by molar-refractivity contribution is 7.89. The number of carbonyl (C=O) groups is 1. The lowest BCUT2D eigenvalue weighted by molar-refractivity contribution is -0.126. The first kappa shape index (κ1) is 22.7. The molecule has 1 unspecified atom stereocenters. The topological polar surface area (TPSA) is 82.9 Å². The van der Waals surface area contributed by atoms with Crippen LogP contribution in [-0.2, 0) is 14.8 Å². The summed E-state index contributed by atoms with van der Waals surface area (Å²) in [6.07, 6.45) is 2.42. The highest BCUT2D eigenvalue weighted by atomic mass is 35.5.